The van der Waals surface area contributed by atoms with Gasteiger partial charge >= 0.3 is 0 Å². The van der Waals surface area contributed by atoms with Crippen molar-refractivity contribution in [3.05, 3.63) is 35.4 Å². The summed E-state index contributed by atoms with van der Waals surface area (Å²) in [7, 11) is 0. The zero-order chi connectivity index (χ0) is 13.8. The van der Waals surface area contributed by atoms with Gasteiger partial charge in [0.25, 0.3) is 0 Å². The van der Waals surface area contributed by atoms with Crippen molar-refractivity contribution < 1.29 is 0 Å². The molecule has 1 unspecified atom stereocenters. The maximum Gasteiger partial charge on any atom is 0.0323 e. The smallest absolute Gasteiger partial charge is 0.0323 e. The molecule has 0 radical (unpaired) electrons. The van der Waals surface area contributed by atoms with E-state index in [2.05, 4.69) is 36.5 Å². The number of hydrogen-bond donors (Lipinski definition) is 1. The van der Waals surface area contributed by atoms with Crippen molar-refractivity contribution in [3.8, 4) is 0 Å². The van der Waals surface area contributed by atoms with Crippen LogP contribution in [0, 0.1) is 11.8 Å². The number of aryl methyl sites for hydroxylation is 1. The molecule has 20 heavy (non-hydrogen) atoms. The summed E-state index contributed by atoms with van der Waals surface area (Å²) in [5, 5.41) is 3.88. The van der Waals surface area contributed by atoms with Crippen LogP contribution in [-0.2, 0) is 6.42 Å². The fourth-order valence-corrected chi connectivity index (χ4v) is 4.12. The lowest BCUT2D eigenvalue weighted by Crippen LogP contribution is -2.31. The van der Waals surface area contributed by atoms with E-state index in [0.717, 1.165) is 11.8 Å². The number of nitrogens with one attached hydrogen (secondary N) is 1. The Morgan fingerprint density at radius 3 is 2.55 bits per heavy atom. The summed E-state index contributed by atoms with van der Waals surface area (Å²) < 4.78 is 0. The summed E-state index contributed by atoms with van der Waals surface area (Å²) in [6.45, 7) is 3.58. The van der Waals surface area contributed by atoms with Crippen molar-refractivity contribution in [2.75, 3.05) is 6.54 Å². The molecule has 1 heteroatoms. The van der Waals surface area contributed by atoms with Gasteiger partial charge < -0.3 is 5.32 Å². The Morgan fingerprint density at radius 2 is 1.75 bits per heavy atom. The summed E-state index contributed by atoms with van der Waals surface area (Å²) >= 11 is 0. The normalized spacial score (nSPS) is 29.9. The van der Waals surface area contributed by atoms with Crippen LogP contribution in [0.25, 0.3) is 0 Å². The first-order valence-corrected chi connectivity index (χ1v) is 8.68. The fourth-order valence-electron chi connectivity index (χ4n) is 4.12. The Kier molecular flexibility index (Phi) is 4.77. The van der Waals surface area contributed by atoms with Gasteiger partial charge in [0.15, 0.2) is 0 Å². The van der Waals surface area contributed by atoms with Crippen LogP contribution in [0.5, 0.6) is 0 Å². The topological polar surface area (TPSA) is 12.0 Å². The van der Waals surface area contributed by atoms with Gasteiger partial charge in [0.2, 0.25) is 0 Å². The molecule has 0 saturated heterocycles. The molecule has 1 aromatic rings. The van der Waals surface area contributed by atoms with Gasteiger partial charge in [0.1, 0.15) is 0 Å². The van der Waals surface area contributed by atoms with E-state index in [-0.39, 0.29) is 0 Å². The van der Waals surface area contributed by atoms with Gasteiger partial charge in [-0.05, 0) is 61.6 Å². The van der Waals surface area contributed by atoms with Crippen molar-refractivity contribution in [1.82, 2.24) is 5.32 Å². The van der Waals surface area contributed by atoms with Gasteiger partial charge in [-0.25, -0.2) is 0 Å². The van der Waals surface area contributed by atoms with Crippen molar-refractivity contribution in [1.29, 1.82) is 0 Å². The molecule has 0 aliphatic heterocycles. The summed E-state index contributed by atoms with van der Waals surface area (Å²) in [6.07, 6.45) is 11.1. The lowest BCUT2D eigenvalue weighted by Gasteiger charge is -2.31. The number of fused-ring (bicyclic) bond motifs is 1. The van der Waals surface area contributed by atoms with Gasteiger partial charge in [-0.1, -0.05) is 50.5 Å². The average molecular weight is 271 g/mol. The van der Waals surface area contributed by atoms with Crippen LogP contribution in [0.3, 0.4) is 0 Å². The highest BCUT2D eigenvalue weighted by molar-refractivity contribution is 5.32. The number of rotatable bonds is 4. The highest BCUT2D eigenvalue weighted by Crippen LogP contribution is 2.32. The predicted octanol–water partition coefficient (Wildman–Crippen LogP) is 4.87. The monoisotopic (exact) mass is 271 g/mol. The van der Waals surface area contributed by atoms with Crippen LogP contribution in [0.2, 0.25) is 0 Å². The minimum Gasteiger partial charge on any atom is -0.310 e. The van der Waals surface area contributed by atoms with E-state index in [1.165, 1.54) is 57.9 Å². The zero-order valence-corrected chi connectivity index (χ0v) is 12.9. The third kappa shape index (κ3) is 3.25. The third-order valence-electron chi connectivity index (χ3n) is 5.57. The molecular formula is C19H29N. The van der Waals surface area contributed by atoms with E-state index in [1.807, 2.05) is 0 Å². The minimum absolute atomic E-state index is 0.615. The maximum absolute atomic E-state index is 3.88. The SMILES string of the molecule is CCC1CCC(CNC2CCCc3ccccc32)CC1. The van der Waals surface area contributed by atoms with Crippen molar-refractivity contribution in [2.45, 2.75) is 64.3 Å². The average Bonchev–Trinajstić information content (AvgIpc) is 2.53. The van der Waals surface area contributed by atoms with E-state index in [9.17, 15) is 0 Å². The Balaban J connectivity index is 1.52. The minimum atomic E-state index is 0.615. The van der Waals surface area contributed by atoms with Gasteiger partial charge in [-0.15, -0.1) is 0 Å². The lowest BCUT2D eigenvalue weighted by atomic mass is 9.80. The van der Waals surface area contributed by atoms with Crippen LogP contribution in [0.15, 0.2) is 24.3 Å². The molecule has 1 atom stereocenters. The van der Waals surface area contributed by atoms with Crippen LogP contribution in [-0.4, -0.2) is 6.54 Å². The van der Waals surface area contributed by atoms with Crippen LogP contribution < -0.4 is 5.32 Å². The van der Waals surface area contributed by atoms with Crippen molar-refractivity contribution >= 4 is 0 Å². The second-order valence-corrected chi connectivity index (χ2v) is 6.85. The molecule has 2 aliphatic carbocycles. The molecule has 1 nitrogen and oxygen atoms in total. The highest BCUT2D eigenvalue weighted by atomic mass is 14.9. The molecular weight excluding hydrogens is 242 g/mol. The summed E-state index contributed by atoms with van der Waals surface area (Å²) in [6, 6.07) is 9.65. The lowest BCUT2D eigenvalue weighted by molar-refractivity contribution is 0.254. The maximum atomic E-state index is 3.88. The highest BCUT2D eigenvalue weighted by Gasteiger charge is 2.23. The first-order chi connectivity index (χ1) is 9.86. The molecule has 3 rings (SSSR count). The number of hydrogen-bond acceptors (Lipinski definition) is 1. The number of benzene rings is 1. The molecule has 1 aromatic carbocycles. The largest absolute Gasteiger partial charge is 0.310 e. The molecule has 0 bridgehead atoms. The summed E-state index contributed by atoms with van der Waals surface area (Å²) in [5.74, 6) is 1.94. The van der Waals surface area contributed by atoms with Crippen LogP contribution in [0.4, 0.5) is 0 Å². The Morgan fingerprint density at radius 1 is 1.00 bits per heavy atom. The zero-order valence-electron chi connectivity index (χ0n) is 12.9. The molecule has 0 heterocycles. The molecule has 0 aromatic heterocycles. The van der Waals surface area contributed by atoms with Crippen LogP contribution >= 0.6 is 0 Å². The standard InChI is InChI=1S/C19H29N/c1-2-15-10-12-16(13-11-15)14-20-19-9-5-7-17-6-3-4-8-18(17)19/h3-4,6,8,15-16,19-20H,2,5,7,9-14H2,1H3. The summed E-state index contributed by atoms with van der Waals surface area (Å²) in [4.78, 5) is 0. The Hall–Kier alpha value is -0.820. The van der Waals surface area contributed by atoms with Gasteiger partial charge in [0.05, 0.1) is 0 Å². The molecule has 0 spiro atoms. The van der Waals surface area contributed by atoms with Gasteiger partial charge in [-0.3, -0.25) is 0 Å². The summed E-state index contributed by atoms with van der Waals surface area (Å²) in [5.41, 5.74) is 3.15. The Labute approximate surface area is 124 Å². The van der Waals surface area contributed by atoms with E-state index in [4.69, 9.17) is 0 Å². The molecule has 1 fully saturated rings. The molecule has 0 amide bonds. The van der Waals surface area contributed by atoms with Gasteiger partial charge in [0, 0.05) is 6.04 Å². The van der Waals surface area contributed by atoms with Gasteiger partial charge in [-0.2, -0.15) is 0 Å². The van der Waals surface area contributed by atoms with Crippen molar-refractivity contribution in [2.24, 2.45) is 11.8 Å². The van der Waals surface area contributed by atoms with E-state index < -0.39 is 0 Å². The van der Waals surface area contributed by atoms with E-state index >= 15 is 0 Å². The van der Waals surface area contributed by atoms with E-state index in [1.54, 1.807) is 11.1 Å². The quantitative estimate of drug-likeness (QED) is 0.823. The van der Waals surface area contributed by atoms with Crippen LogP contribution in [0.1, 0.15) is 69.0 Å². The Bertz CT molecular complexity index is 418. The second-order valence-electron chi connectivity index (χ2n) is 6.85. The first-order valence-electron chi connectivity index (χ1n) is 8.68. The van der Waals surface area contributed by atoms with E-state index in [0.29, 0.717) is 6.04 Å². The fraction of sp³-hybridized carbons (Fsp3) is 0.684. The third-order valence-corrected chi connectivity index (χ3v) is 5.57. The molecule has 110 valence electrons. The molecule has 1 N–H and O–H groups in total. The molecule has 1 saturated carbocycles. The van der Waals surface area contributed by atoms with Crippen molar-refractivity contribution in [3.63, 3.8) is 0 Å². The second kappa shape index (κ2) is 6.76. The first kappa shape index (κ1) is 14.1. The predicted molar refractivity (Wildman–Crippen MR) is 85.9 cm³/mol. The molecule has 2 aliphatic rings.